The molecule has 100 valence electrons. The summed E-state index contributed by atoms with van der Waals surface area (Å²) in [5, 5.41) is 0. The summed E-state index contributed by atoms with van der Waals surface area (Å²) in [4.78, 5) is 29.9. The van der Waals surface area contributed by atoms with Gasteiger partial charge in [0.2, 0.25) is 0 Å². The zero-order chi connectivity index (χ0) is 14.3. The third-order valence-corrected chi connectivity index (χ3v) is 3.32. The van der Waals surface area contributed by atoms with Gasteiger partial charge in [-0.15, -0.1) is 0 Å². The SMILES string of the molecule is Cc1ccc(CN2C(=O)c3cccc(N)c3C2=O)nc1. The van der Waals surface area contributed by atoms with Crippen molar-refractivity contribution >= 4 is 17.5 Å². The van der Waals surface area contributed by atoms with E-state index in [1.807, 2.05) is 19.1 Å². The van der Waals surface area contributed by atoms with E-state index in [1.165, 1.54) is 4.90 Å². The number of imide groups is 1. The Morgan fingerprint density at radius 3 is 2.60 bits per heavy atom. The Morgan fingerprint density at radius 1 is 1.15 bits per heavy atom. The number of carbonyl (C=O) groups excluding carboxylic acids is 2. The first-order valence-electron chi connectivity index (χ1n) is 6.24. The minimum Gasteiger partial charge on any atom is -0.398 e. The van der Waals surface area contributed by atoms with E-state index >= 15 is 0 Å². The van der Waals surface area contributed by atoms with Crippen molar-refractivity contribution in [1.82, 2.24) is 9.88 Å². The Kier molecular flexibility index (Phi) is 2.75. The fraction of sp³-hybridized carbons (Fsp3) is 0.133. The number of nitrogens with two attached hydrogens (primary N) is 1. The topological polar surface area (TPSA) is 76.3 Å². The van der Waals surface area contributed by atoms with Crippen molar-refractivity contribution in [3.8, 4) is 0 Å². The smallest absolute Gasteiger partial charge is 0.264 e. The number of hydrogen-bond donors (Lipinski definition) is 1. The van der Waals surface area contributed by atoms with Crippen LogP contribution in [0.3, 0.4) is 0 Å². The molecule has 5 heteroatoms. The Hall–Kier alpha value is -2.69. The van der Waals surface area contributed by atoms with Crippen LogP contribution in [0.5, 0.6) is 0 Å². The summed E-state index contributed by atoms with van der Waals surface area (Å²) in [5.74, 6) is -0.676. The second-order valence-electron chi connectivity index (χ2n) is 4.79. The molecule has 1 aliphatic heterocycles. The number of fused-ring (bicyclic) bond motifs is 1. The van der Waals surface area contributed by atoms with Crippen molar-refractivity contribution in [2.75, 3.05) is 5.73 Å². The van der Waals surface area contributed by atoms with Crippen molar-refractivity contribution in [2.45, 2.75) is 13.5 Å². The van der Waals surface area contributed by atoms with Gasteiger partial charge < -0.3 is 5.73 Å². The minimum absolute atomic E-state index is 0.159. The zero-order valence-corrected chi connectivity index (χ0v) is 11.0. The Balaban J connectivity index is 1.94. The van der Waals surface area contributed by atoms with Gasteiger partial charge in [-0.25, -0.2) is 0 Å². The summed E-state index contributed by atoms with van der Waals surface area (Å²) in [6, 6.07) is 8.62. The number of anilines is 1. The maximum atomic E-state index is 12.3. The van der Waals surface area contributed by atoms with Crippen LogP contribution in [0.4, 0.5) is 5.69 Å². The molecule has 0 atom stereocenters. The lowest BCUT2D eigenvalue weighted by atomic mass is 10.1. The van der Waals surface area contributed by atoms with Gasteiger partial charge in [-0.2, -0.15) is 0 Å². The number of pyridine rings is 1. The van der Waals surface area contributed by atoms with E-state index in [9.17, 15) is 9.59 Å². The van der Waals surface area contributed by atoms with E-state index in [4.69, 9.17) is 5.73 Å². The first-order valence-corrected chi connectivity index (χ1v) is 6.24. The second kappa shape index (κ2) is 4.45. The minimum atomic E-state index is -0.356. The molecule has 1 aromatic carbocycles. The Morgan fingerprint density at radius 2 is 1.95 bits per heavy atom. The first-order chi connectivity index (χ1) is 9.58. The number of benzene rings is 1. The number of hydrogen-bond acceptors (Lipinski definition) is 4. The van der Waals surface area contributed by atoms with Crippen molar-refractivity contribution < 1.29 is 9.59 Å². The van der Waals surface area contributed by atoms with Crippen LogP contribution in [0.2, 0.25) is 0 Å². The predicted octanol–water partition coefficient (Wildman–Crippen LogP) is 1.77. The van der Waals surface area contributed by atoms with Crippen LogP contribution in [0.15, 0.2) is 36.5 Å². The van der Waals surface area contributed by atoms with Crippen LogP contribution < -0.4 is 5.73 Å². The number of rotatable bonds is 2. The van der Waals surface area contributed by atoms with Crippen LogP contribution in [0.1, 0.15) is 32.0 Å². The lowest BCUT2D eigenvalue weighted by Crippen LogP contribution is -2.29. The van der Waals surface area contributed by atoms with E-state index in [-0.39, 0.29) is 18.4 Å². The second-order valence-corrected chi connectivity index (χ2v) is 4.79. The van der Waals surface area contributed by atoms with Gasteiger partial charge in [0.15, 0.2) is 0 Å². The van der Waals surface area contributed by atoms with Crippen molar-refractivity contribution in [3.05, 3.63) is 58.9 Å². The summed E-state index contributed by atoms with van der Waals surface area (Å²) in [7, 11) is 0. The zero-order valence-electron chi connectivity index (χ0n) is 11.0. The number of carbonyl (C=O) groups is 2. The summed E-state index contributed by atoms with van der Waals surface area (Å²) < 4.78 is 0. The number of aryl methyl sites for hydroxylation is 1. The van der Waals surface area contributed by atoms with Gasteiger partial charge in [0.05, 0.1) is 23.4 Å². The highest BCUT2D eigenvalue weighted by atomic mass is 16.2. The normalized spacial score (nSPS) is 13.8. The molecule has 1 aliphatic rings. The van der Waals surface area contributed by atoms with E-state index in [2.05, 4.69) is 4.98 Å². The monoisotopic (exact) mass is 267 g/mol. The molecular formula is C15H13N3O2. The molecular weight excluding hydrogens is 254 g/mol. The summed E-state index contributed by atoms with van der Waals surface area (Å²) >= 11 is 0. The molecule has 2 heterocycles. The predicted molar refractivity (Wildman–Crippen MR) is 74.0 cm³/mol. The fourth-order valence-corrected chi connectivity index (χ4v) is 2.26. The van der Waals surface area contributed by atoms with E-state index in [0.29, 0.717) is 22.5 Å². The van der Waals surface area contributed by atoms with Gasteiger partial charge in [-0.1, -0.05) is 12.1 Å². The summed E-state index contributed by atoms with van der Waals surface area (Å²) in [6.07, 6.45) is 1.71. The molecule has 0 spiro atoms. The van der Waals surface area contributed by atoms with Crippen LogP contribution in [-0.2, 0) is 6.54 Å². The Labute approximate surface area is 116 Å². The molecule has 3 rings (SSSR count). The average Bonchev–Trinajstić information content (AvgIpc) is 2.67. The van der Waals surface area contributed by atoms with E-state index < -0.39 is 0 Å². The Bertz CT molecular complexity index is 708. The molecule has 5 nitrogen and oxygen atoms in total. The molecule has 0 saturated carbocycles. The molecule has 2 aromatic rings. The molecule has 0 unspecified atom stereocenters. The van der Waals surface area contributed by atoms with Gasteiger partial charge in [0, 0.05) is 11.9 Å². The van der Waals surface area contributed by atoms with Crippen LogP contribution in [0, 0.1) is 6.92 Å². The lowest BCUT2D eigenvalue weighted by molar-refractivity contribution is 0.0641. The molecule has 1 aromatic heterocycles. The van der Waals surface area contributed by atoms with E-state index in [1.54, 1.807) is 24.4 Å². The highest BCUT2D eigenvalue weighted by molar-refractivity contribution is 6.23. The summed E-state index contributed by atoms with van der Waals surface area (Å²) in [6.45, 7) is 2.09. The molecule has 2 amide bonds. The van der Waals surface area contributed by atoms with Crippen molar-refractivity contribution in [2.24, 2.45) is 0 Å². The van der Waals surface area contributed by atoms with Gasteiger partial charge in [-0.3, -0.25) is 19.5 Å². The third-order valence-electron chi connectivity index (χ3n) is 3.32. The number of nitrogens with zero attached hydrogens (tertiary/aromatic N) is 2. The molecule has 0 radical (unpaired) electrons. The molecule has 0 fully saturated rings. The molecule has 2 N–H and O–H groups in total. The number of amides is 2. The maximum Gasteiger partial charge on any atom is 0.264 e. The largest absolute Gasteiger partial charge is 0.398 e. The molecule has 20 heavy (non-hydrogen) atoms. The van der Waals surface area contributed by atoms with Crippen LogP contribution in [-0.4, -0.2) is 21.7 Å². The highest BCUT2D eigenvalue weighted by Gasteiger charge is 2.37. The van der Waals surface area contributed by atoms with E-state index in [0.717, 1.165) is 5.56 Å². The quantitative estimate of drug-likeness (QED) is 0.664. The number of nitrogen functional groups attached to an aromatic ring is 1. The van der Waals surface area contributed by atoms with Gasteiger partial charge in [0.25, 0.3) is 11.8 Å². The summed E-state index contributed by atoms with van der Waals surface area (Å²) in [5.41, 5.74) is 8.48. The number of aromatic nitrogens is 1. The van der Waals surface area contributed by atoms with Crippen molar-refractivity contribution in [3.63, 3.8) is 0 Å². The third kappa shape index (κ3) is 1.84. The van der Waals surface area contributed by atoms with Gasteiger partial charge in [0.1, 0.15) is 0 Å². The average molecular weight is 267 g/mol. The lowest BCUT2D eigenvalue weighted by Gasteiger charge is -2.13. The standard InChI is InChI=1S/C15H13N3O2/c1-9-5-6-10(17-7-9)8-18-14(19)11-3-2-4-12(16)13(11)15(18)20/h2-7H,8,16H2,1H3. The maximum absolute atomic E-state index is 12.3. The van der Waals surface area contributed by atoms with Crippen LogP contribution >= 0.6 is 0 Å². The van der Waals surface area contributed by atoms with Gasteiger partial charge >= 0.3 is 0 Å². The molecule has 0 saturated heterocycles. The fourth-order valence-electron chi connectivity index (χ4n) is 2.26. The van der Waals surface area contributed by atoms with Crippen molar-refractivity contribution in [1.29, 1.82) is 0 Å². The first kappa shape index (κ1) is 12.3. The molecule has 0 bridgehead atoms. The van der Waals surface area contributed by atoms with Crippen LogP contribution in [0.25, 0.3) is 0 Å². The molecule has 0 aliphatic carbocycles. The highest BCUT2D eigenvalue weighted by Crippen LogP contribution is 2.28. The van der Waals surface area contributed by atoms with Gasteiger partial charge in [-0.05, 0) is 30.7 Å².